The summed E-state index contributed by atoms with van der Waals surface area (Å²) >= 11 is 0. The lowest BCUT2D eigenvalue weighted by Gasteiger charge is -2.04. The number of benzene rings is 1. The molecule has 0 fully saturated rings. The highest BCUT2D eigenvalue weighted by Crippen LogP contribution is 2.08. The van der Waals surface area contributed by atoms with Gasteiger partial charge in [0.1, 0.15) is 4.99 Å². The first kappa shape index (κ1) is 26.8. The summed E-state index contributed by atoms with van der Waals surface area (Å²) in [4.78, 5) is 21.4. The van der Waals surface area contributed by atoms with E-state index in [0.717, 1.165) is 24.9 Å². The lowest BCUT2D eigenvalue weighted by Crippen LogP contribution is -2.35. The van der Waals surface area contributed by atoms with Crippen LogP contribution >= 0.6 is 0 Å². The lowest BCUT2D eigenvalue weighted by atomic mass is 10.1. The average molecular weight is 428 g/mol. The molecule has 2 amide bonds. The number of carbonyl (C=O) groups is 2. The van der Waals surface area contributed by atoms with Crippen molar-refractivity contribution in [2.24, 2.45) is 0 Å². The van der Waals surface area contributed by atoms with Crippen LogP contribution in [0.3, 0.4) is 0 Å². The fourth-order valence-corrected chi connectivity index (χ4v) is 2.92. The summed E-state index contributed by atoms with van der Waals surface area (Å²) in [6.07, 6.45) is 8.16. The van der Waals surface area contributed by atoms with Gasteiger partial charge in [0.05, 0.1) is 6.54 Å². The van der Waals surface area contributed by atoms with Gasteiger partial charge >= 0.3 is 0 Å². The van der Waals surface area contributed by atoms with E-state index in [0.29, 0.717) is 6.42 Å². The monoisotopic (exact) mass is 427 g/mol. The maximum Gasteiger partial charge on any atom is 0.257 e. The van der Waals surface area contributed by atoms with E-state index in [1.807, 2.05) is 30.3 Å². The van der Waals surface area contributed by atoms with Gasteiger partial charge in [0.2, 0.25) is 16.2 Å². The molecule has 1 aromatic carbocycles. The van der Waals surface area contributed by atoms with Gasteiger partial charge < -0.3 is 5.32 Å². The molecule has 0 atom stereocenters. The van der Waals surface area contributed by atoms with Gasteiger partial charge in [-0.3, -0.25) is 20.1 Å². The number of carbonyl (C=O) groups excluding carboxylic acids is 2. The predicted octanol–water partition coefficient (Wildman–Crippen LogP) is 2.88. The molecule has 1 rings (SSSR count). The summed E-state index contributed by atoms with van der Waals surface area (Å²) in [5.41, 5.74) is 2.28. The first-order chi connectivity index (χ1) is 13.9. The van der Waals surface area contributed by atoms with Crippen LogP contribution in [0.5, 0.6) is 0 Å². The first-order valence-electron chi connectivity index (χ1n) is 9.85. The van der Waals surface area contributed by atoms with E-state index < -0.39 is 16.2 Å². The van der Waals surface area contributed by atoms with Gasteiger partial charge in [-0.15, -0.1) is 0 Å². The van der Waals surface area contributed by atoms with Gasteiger partial charge in [-0.2, -0.15) is 8.42 Å². The zero-order valence-corrected chi connectivity index (χ0v) is 18.1. The van der Waals surface area contributed by atoms with E-state index in [4.69, 9.17) is 5.21 Å². The largest absolute Gasteiger partial charge is 0.326 e. The maximum absolute atomic E-state index is 10.9. The third-order valence-electron chi connectivity index (χ3n) is 3.87. The quantitative estimate of drug-likeness (QED) is 0.186. The smallest absolute Gasteiger partial charge is 0.257 e. The highest BCUT2D eigenvalue weighted by molar-refractivity contribution is 7.72. The Hall–Kier alpha value is -2.23. The number of hydroxylamine groups is 1. The van der Waals surface area contributed by atoms with Gasteiger partial charge in [-0.25, -0.2) is 5.48 Å². The molecule has 0 saturated heterocycles. The summed E-state index contributed by atoms with van der Waals surface area (Å²) in [5, 5.41) is 13.5. The highest BCUT2D eigenvalue weighted by atomic mass is 32.2. The number of rotatable bonds is 11. The molecule has 0 heterocycles. The van der Waals surface area contributed by atoms with Gasteiger partial charge in [0, 0.05) is 12.6 Å². The number of hydrogen-bond acceptors (Lipinski definition) is 5. The van der Waals surface area contributed by atoms with Crippen molar-refractivity contribution in [3.05, 3.63) is 30.3 Å². The van der Waals surface area contributed by atoms with Crippen LogP contribution in [0.1, 0.15) is 65.2 Å². The average Bonchev–Trinajstić information content (AvgIpc) is 2.69. The molecule has 164 valence electrons. The summed E-state index contributed by atoms with van der Waals surface area (Å²) < 4.78 is 21.8. The summed E-state index contributed by atoms with van der Waals surface area (Å²) in [7, 11) is -2.34. The molecule has 29 heavy (non-hydrogen) atoms. The Kier molecular flexibility index (Phi) is 16.5. The Morgan fingerprint density at radius 2 is 1.55 bits per heavy atom. The minimum Gasteiger partial charge on any atom is -0.326 e. The molecule has 0 unspecified atom stereocenters. The SMILES string of the molecule is CC(=O)Nc1ccccc1.CCCCCCCCCC(NCC(=O)NO)=S(=O)=O. The van der Waals surface area contributed by atoms with Crippen LogP contribution < -0.4 is 16.1 Å². The van der Waals surface area contributed by atoms with Crippen LogP contribution in [0.25, 0.3) is 0 Å². The van der Waals surface area contributed by atoms with Crippen LogP contribution in [0, 0.1) is 0 Å². The molecular formula is C20H33N3O5S. The Bertz CT molecular complexity index is 713. The Labute approximate surface area is 174 Å². The maximum atomic E-state index is 10.9. The molecule has 0 spiro atoms. The zero-order chi connectivity index (χ0) is 21.9. The van der Waals surface area contributed by atoms with Crippen molar-refractivity contribution >= 4 is 32.8 Å². The third-order valence-corrected chi connectivity index (χ3v) is 4.62. The fraction of sp³-hybridized carbons (Fsp3) is 0.550. The second kappa shape index (κ2) is 17.8. The molecular weight excluding hydrogens is 394 g/mol. The molecule has 0 aromatic heterocycles. The molecule has 4 N–H and O–H groups in total. The van der Waals surface area contributed by atoms with Crippen molar-refractivity contribution in [2.45, 2.75) is 65.2 Å². The second-order valence-corrected chi connectivity index (χ2v) is 7.43. The standard InChI is InChI=1S/C12H24N2O4S.C8H9NO/c1-2-3-4-5-6-7-8-9-12(19(17)18)13-10-11(15)14-16;1-7(10)9-8-5-3-2-4-6-8/h13,16H,2-10H2,1H3,(H,14,15);2-6H,1H3,(H,9,10). The van der Waals surface area contributed by atoms with E-state index in [-0.39, 0.29) is 17.4 Å². The third kappa shape index (κ3) is 16.4. The minimum atomic E-state index is -2.34. The second-order valence-electron chi connectivity index (χ2n) is 6.46. The van der Waals surface area contributed by atoms with Crippen LogP contribution in [0.2, 0.25) is 0 Å². The normalized spacial score (nSPS) is 9.76. The van der Waals surface area contributed by atoms with Crippen LogP contribution in [0.15, 0.2) is 30.3 Å². The lowest BCUT2D eigenvalue weighted by molar-refractivity contribution is -0.128. The Morgan fingerprint density at radius 1 is 0.966 bits per heavy atom. The molecule has 1 aromatic rings. The number of nitrogens with one attached hydrogen (secondary N) is 3. The molecule has 0 saturated carbocycles. The topological polar surface area (TPSA) is 125 Å². The van der Waals surface area contributed by atoms with Crippen molar-refractivity contribution in [1.29, 1.82) is 0 Å². The summed E-state index contributed by atoms with van der Waals surface area (Å²) in [6.45, 7) is 3.42. The van der Waals surface area contributed by atoms with E-state index in [1.165, 1.54) is 38.1 Å². The Morgan fingerprint density at radius 3 is 2.07 bits per heavy atom. The van der Waals surface area contributed by atoms with Crippen molar-refractivity contribution in [2.75, 3.05) is 11.9 Å². The van der Waals surface area contributed by atoms with Crippen LogP contribution in [-0.2, 0) is 19.9 Å². The minimum absolute atomic E-state index is 0.0359. The highest BCUT2D eigenvalue weighted by Gasteiger charge is 2.05. The van der Waals surface area contributed by atoms with E-state index in [1.54, 1.807) is 0 Å². The summed E-state index contributed by atoms with van der Waals surface area (Å²) in [6, 6.07) is 9.37. The fourth-order valence-electron chi connectivity index (χ4n) is 2.42. The van der Waals surface area contributed by atoms with Gasteiger partial charge in [0.15, 0.2) is 0 Å². The molecule has 8 nitrogen and oxygen atoms in total. The molecule has 0 aliphatic rings. The van der Waals surface area contributed by atoms with E-state index in [2.05, 4.69) is 17.6 Å². The first-order valence-corrected chi connectivity index (χ1v) is 10.9. The van der Waals surface area contributed by atoms with E-state index in [9.17, 15) is 18.0 Å². The summed E-state index contributed by atoms with van der Waals surface area (Å²) in [5.74, 6) is -0.700. The molecule has 0 radical (unpaired) electrons. The van der Waals surface area contributed by atoms with Gasteiger partial charge in [0.25, 0.3) is 5.91 Å². The Balaban J connectivity index is 0.000000651. The number of amides is 2. The number of unbranched alkanes of at least 4 members (excludes halogenated alkanes) is 6. The predicted molar refractivity (Wildman–Crippen MR) is 115 cm³/mol. The van der Waals surface area contributed by atoms with Crippen LogP contribution in [-0.4, -0.2) is 37.0 Å². The van der Waals surface area contributed by atoms with E-state index >= 15 is 0 Å². The van der Waals surface area contributed by atoms with Gasteiger partial charge in [-0.05, 0) is 25.0 Å². The van der Waals surface area contributed by atoms with Gasteiger partial charge in [-0.1, -0.05) is 63.6 Å². The van der Waals surface area contributed by atoms with Crippen molar-refractivity contribution in [3.8, 4) is 0 Å². The van der Waals surface area contributed by atoms with Crippen molar-refractivity contribution < 1.29 is 23.2 Å². The number of anilines is 1. The number of para-hydroxylation sites is 1. The molecule has 0 aliphatic carbocycles. The number of hydrogen-bond donors (Lipinski definition) is 4. The zero-order valence-electron chi connectivity index (χ0n) is 17.2. The van der Waals surface area contributed by atoms with Crippen molar-refractivity contribution in [1.82, 2.24) is 10.8 Å². The van der Waals surface area contributed by atoms with Crippen molar-refractivity contribution in [3.63, 3.8) is 0 Å². The molecule has 0 aliphatic heterocycles. The van der Waals surface area contributed by atoms with Crippen LogP contribution in [0.4, 0.5) is 5.69 Å². The molecule has 0 bridgehead atoms. The molecule has 9 heteroatoms.